The van der Waals surface area contributed by atoms with Crippen molar-refractivity contribution in [3.63, 3.8) is 0 Å². The van der Waals surface area contributed by atoms with E-state index in [0.717, 1.165) is 22.6 Å². The van der Waals surface area contributed by atoms with E-state index in [-0.39, 0.29) is 17.5 Å². The van der Waals surface area contributed by atoms with Crippen LogP contribution >= 0.6 is 11.3 Å². The average Bonchev–Trinajstić information content (AvgIpc) is 3.11. The van der Waals surface area contributed by atoms with Crippen LogP contribution in [-0.4, -0.2) is 21.1 Å². The zero-order valence-electron chi connectivity index (χ0n) is 11.3. The van der Waals surface area contributed by atoms with Crippen molar-refractivity contribution in [3.8, 4) is 5.75 Å². The molecule has 1 unspecified atom stereocenters. The molecule has 0 spiro atoms. The van der Waals surface area contributed by atoms with Gasteiger partial charge in [0.25, 0.3) is 0 Å². The molecule has 1 aromatic carbocycles. The molecule has 2 aromatic rings. The quantitative estimate of drug-likeness (QED) is 0.873. The standard InChI is InChI=1S/C14H16N2O3S2/c15-7-12-6-13(9-20-12)21(17,18)16-8-11-5-10-3-1-2-4-14(10)19-11/h1-4,6,9,11,16H,5,7-8,15H2. The normalized spacial score (nSPS) is 17.5. The molecular weight excluding hydrogens is 308 g/mol. The molecule has 0 saturated heterocycles. The summed E-state index contributed by atoms with van der Waals surface area (Å²) in [4.78, 5) is 1.11. The van der Waals surface area contributed by atoms with Gasteiger partial charge in [-0.25, -0.2) is 13.1 Å². The summed E-state index contributed by atoms with van der Waals surface area (Å²) in [6.07, 6.45) is 0.556. The Labute approximate surface area is 127 Å². The fourth-order valence-electron chi connectivity index (χ4n) is 2.26. The van der Waals surface area contributed by atoms with Gasteiger partial charge in [-0.2, -0.15) is 0 Å². The molecule has 0 saturated carbocycles. The molecule has 0 aliphatic carbocycles. The Hall–Kier alpha value is -1.41. The minimum absolute atomic E-state index is 0.162. The number of benzene rings is 1. The van der Waals surface area contributed by atoms with Crippen molar-refractivity contribution < 1.29 is 13.2 Å². The van der Waals surface area contributed by atoms with E-state index in [1.54, 1.807) is 11.4 Å². The third kappa shape index (κ3) is 3.11. The highest BCUT2D eigenvalue weighted by molar-refractivity contribution is 7.89. The molecule has 1 aromatic heterocycles. The SMILES string of the molecule is NCc1cc(S(=O)(=O)NCC2Cc3ccccc3O2)cs1. The highest BCUT2D eigenvalue weighted by Crippen LogP contribution is 2.28. The van der Waals surface area contributed by atoms with Crippen LogP contribution in [0.15, 0.2) is 40.6 Å². The van der Waals surface area contributed by atoms with Crippen molar-refractivity contribution in [3.05, 3.63) is 46.2 Å². The van der Waals surface area contributed by atoms with E-state index >= 15 is 0 Å². The minimum atomic E-state index is -3.50. The summed E-state index contributed by atoms with van der Waals surface area (Å²) in [7, 11) is -3.50. The number of hydrogen-bond donors (Lipinski definition) is 2. The zero-order valence-corrected chi connectivity index (χ0v) is 12.9. The van der Waals surface area contributed by atoms with Crippen LogP contribution in [0.4, 0.5) is 0 Å². The van der Waals surface area contributed by atoms with Crippen molar-refractivity contribution in [1.82, 2.24) is 4.72 Å². The predicted octanol–water partition coefficient (Wildman–Crippen LogP) is 1.49. The largest absolute Gasteiger partial charge is 0.488 e. The zero-order chi connectivity index (χ0) is 14.9. The van der Waals surface area contributed by atoms with E-state index in [9.17, 15) is 8.42 Å². The summed E-state index contributed by atoms with van der Waals surface area (Å²) in [6.45, 7) is 0.603. The first-order valence-electron chi connectivity index (χ1n) is 6.60. The summed E-state index contributed by atoms with van der Waals surface area (Å²) in [6, 6.07) is 9.36. The van der Waals surface area contributed by atoms with Gasteiger partial charge in [0.05, 0.1) is 4.90 Å². The molecule has 3 N–H and O–H groups in total. The van der Waals surface area contributed by atoms with Crippen molar-refractivity contribution in [2.24, 2.45) is 5.73 Å². The fraction of sp³-hybridized carbons (Fsp3) is 0.286. The molecule has 1 atom stereocenters. The van der Waals surface area contributed by atoms with Crippen LogP contribution < -0.4 is 15.2 Å². The molecule has 112 valence electrons. The molecule has 3 rings (SSSR count). The van der Waals surface area contributed by atoms with Gasteiger partial charge in [-0.05, 0) is 17.7 Å². The molecule has 2 heterocycles. The van der Waals surface area contributed by atoms with E-state index in [0.29, 0.717) is 6.54 Å². The number of ether oxygens (including phenoxy) is 1. The lowest BCUT2D eigenvalue weighted by atomic mass is 10.1. The minimum Gasteiger partial charge on any atom is -0.488 e. The maximum absolute atomic E-state index is 12.2. The van der Waals surface area contributed by atoms with Crippen molar-refractivity contribution in [1.29, 1.82) is 0 Å². The van der Waals surface area contributed by atoms with Crippen molar-refractivity contribution in [2.75, 3.05) is 6.54 Å². The predicted molar refractivity (Wildman–Crippen MR) is 82.0 cm³/mol. The lowest BCUT2D eigenvalue weighted by Crippen LogP contribution is -2.34. The Bertz CT molecular complexity index is 715. The summed E-state index contributed by atoms with van der Waals surface area (Å²) in [5, 5.41) is 1.61. The van der Waals surface area contributed by atoms with Crippen molar-refractivity contribution in [2.45, 2.75) is 24.0 Å². The fourth-order valence-corrected chi connectivity index (χ4v) is 4.48. The smallest absolute Gasteiger partial charge is 0.241 e. The van der Waals surface area contributed by atoms with Gasteiger partial charge in [-0.15, -0.1) is 11.3 Å². The third-order valence-electron chi connectivity index (χ3n) is 3.36. The lowest BCUT2D eigenvalue weighted by Gasteiger charge is -2.11. The first-order chi connectivity index (χ1) is 10.1. The van der Waals surface area contributed by atoms with Crippen LogP contribution in [0.5, 0.6) is 5.75 Å². The first-order valence-corrected chi connectivity index (χ1v) is 8.96. The number of nitrogens with one attached hydrogen (secondary N) is 1. The van der Waals surface area contributed by atoms with E-state index in [4.69, 9.17) is 10.5 Å². The highest BCUT2D eigenvalue weighted by Gasteiger charge is 2.25. The van der Waals surface area contributed by atoms with E-state index in [2.05, 4.69) is 4.72 Å². The van der Waals surface area contributed by atoms with Gasteiger partial charge in [0, 0.05) is 29.8 Å². The Morgan fingerprint density at radius 1 is 1.38 bits per heavy atom. The summed E-state index contributed by atoms with van der Waals surface area (Å²) >= 11 is 1.35. The maximum atomic E-state index is 12.2. The lowest BCUT2D eigenvalue weighted by molar-refractivity contribution is 0.236. The topological polar surface area (TPSA) is 81.4 Å². The Kier molecular flexibility index (Phi) is 3.99. The summed E-state index contributed by atoms with van der Waals surface area (Å²) in [5.41, 5.74) is 6.62. The Morgan fingerprint density at radius 2 is 2.19 bits per heavy atom. The van der Waals surface area contributed by atoms with Crippen molar-refractivity contribution >= 4 is 21.4 Å². The molecule has 0 radical (unpaired) electrons. The van der Waals surface area contributed by atoms with E-state index in [1.807, 2.05) is 24.3 Å². The molecule has 1 aliphatic heterocycles. The van der Waals surface area contributed by atoms with Gasteiger partial charge < -0.3 is 10.5 Å². The highest BCUT2D eigenvalue weighted by atomic mass is 32.2. The number of hydrogen-bond acceptors (Lipinski definition) is 5. The van der Waals surface area contributed by atoms with Crippen LogP contribution in [0.1, 0.15) is 10.4 Å². The second-order valence-corrected chi connectivity index (χ2v) is 7.62. The molecule has 5 nitrogen and oxygen atoms in total. The van der Waals surface area contributed by atoms with E-state index in [1.165, 1.54) is 11.3 Å². The number of thiophene rings is 1. The van der Waals surface area contributed by atoms with Crippen LogP contribution in [-0.2, 0) is 23.0 Å². The monoisotopic (exact) mass is 324 g/mol. The number of sulfonamides is 1. The van der Waals surface area contributed by atoms with Gasteiger partial charge in [0.2, 0.25) is 10.0 Å². The van der Waals surface area contributed by atoms with Gasteiger partial charge >= 0.3 is 0 Å². The average molecular weight is 324 g/mol. The number of para-hydroxylation sites is 1. The molecule has 0 amide bonds. The number of rotatable bonds is 5. The van der Waals surface area contributed by atoms with Crippen LogP contribution in [0.3, 0.4) is 0 Å². The van der Waals surface area contributed by atoms with Gasteiger partial charge in [-0.1, -0.05) is 18.2 Å². The van der Waals surface area contributed by atoms with Gasteiger partial charge in [0.15, 0.2) is 0 Å². The van der Waals surface area contributed by atoms with Gasteiger partial charge in [0.1, 0.15) is 11.9 Å². The van der Waals surface area contributed by atoms with Gasteiger partial charge in [-0.3, -0.25) is 0 Å². The molecule has 0 fully saturated rings. The first kappa shape index (κ1) is 14.5. The Balaban J connectivity index is 1.63. The number of nitrogens with two attached hydrogens (primary N) is 1. The van der Waals surface area contributed by atoms with E-state index < -0.39 is 10.0 Å². The summed E-state index contributed by atoms with van der Waals surface area (Å²) < 4.78 is 32.7. The maximum Gasteiger partial charge on any atom is 0.241 e. The van der Waals surface area contributed by atoms with Crippen LogP contribution in [0.2, 0.25) is 0 Å². The molecule has 1 aliphatic rings. The third-order valence-corrected chi connectivity index (χ3v) is 5.87. The molecule has 7 heteroatoms. The Morgan fingerprint density at radius 3 is 2.90 bits per heavy atom. The summed E-state index contributed by atoms with van der Waals surface area (Å²) in [5.74, 6) is 0.836. The number of fused-ring (bicyclic) bond motifs is 1. The van der Waals surface area contributed by atoms with Crippen LogP contribution in [0, 0.1) is 0 Å². The molecular formula is C14H16N2O3S2. The van der Waals surface area contributed by atoms with Crippen LogP contribution in [0.25, 0.3) is 0 Å². The second-order valence-electron chi connectivity index (χ2n) is 4.86. The molecule has 21 heavy (non-hydrogen) atoms. The molecule has 0 bridgehead atoms. The second kappa shape index (κ2) is 5.76.